The van der Waals surface area contributed by atoms with Gasteiger partial charge in [-0.15, -0.1) is 0 Å². The summed E-state index contributed by atoms with van der Waals surface area (Å²) in [5.74, 6) is 4.53. The van der Waals surface area contributed by atoms with Gasteiger partial charge in [-0.2, -0.15) is 0 Å². The smallest absolute Gasteiger partial charge is 0.265 e. The van der Waals surface area contributed by atoms with Crippen LogP contribution in [0.25, 0.3) is 0 Å². The lowest BCUT2D eigenvalue weighted by atomic mass is 10.0. The van der Waals surface area contributed by atoms with Gasteiger partial charge in [0.1, 0.15) is 0 Å². The Morgan fingerprint density at radius 3 is 2.29 bits per heavy atom. The number of rotatable bonds is 2. The number of carbonyl (C=O) groups is 2. The molecular formula is C10H12N2O2. The minimum atomic E-state index is -0.392. The van der Waals surface area contributed by atoms with Crippen molar-refractivity contribution < 1.29 is 9.59 Å². The van der Waals surface area contributed by atoms with Gasteiger partial charge in [-0.1, -0.05) is 0 Å². The lowest BCUT2D eigenvalue weighted by Crippen LogP contribution is -2.30. The summed E-state index contributed by atoms with van der Waals surface area (Å²) >= 11 is 0. The molecule has 74 valence electrons. The highest BCUT2D eigenvalue weighted by atomic mass is 16.2. The van der Waals surface area contributed by atoms with E-state index in [1.165, 1.54) is 13.0 Å². The molecule has 14 heavy (non-hydrogen) atoms. The summed E-state index contributed by atoms with van der Waals surface area (Å²) in [7, 11) is 0. The van der Waals surface area contributed by atoms with E-state index in [0.717, 1.165) is 5.56 Å². The van der Waals surface area contributed by atoms with Crippen molar-refractivity contribution in [2.45, 2.75) is 13.8 Å². The quantitative estimate of drug-likeness (QED) is 0.315. The lowest BCUT2D eigenvalue weighted by molar-refractivity contribution is 0.0953. The molecule has 0 fully saturated rings. The highest BCUT2D eigenvalue weighted by Crippen LogP contribution is 2.10. The van der Waals surface area contributed by atoms with Gasteiger partial charge in [0.05, 0.1) is 0 Å². The Bertz CT molecular complexity index is 386. The number of Topliss-reactive ketones (excluding diaryl/α,β-unsaturated/α-hetero) is 1. The monoisotopic (exact) mass is 192 g/mol. The maximum atomic E-state index is 11.2. The fourth-order valence-electron chi connectivity index (χ4n) is 1.20. The normalized spacial score (nSPS) is 9.64. The van der Waals surface area contributed by atoms with Crippen LogP contribution in [0.2, 0.25) is 0 Å². The number of carbonyl (C=O) groups excluding carboxylic acids is 2. The minimum absolute atomic E-state index is 0.0697. The van der Waals surface area contributed by atoms with Crippen molar-refractivity contribution in [3.05, 3.63) is 34.9 Å². The molecule has 3 N–H and O–H groups in total. The van der Waals surface area contributed by atoms with Crippen LogP contribution in [0.4, 0.5) is 0 Å². The molecule has 0 radical (unpaired) electrons. The largest absolute Gasteiger partial charge is 0.295 e. The Morgan fingerprint density at radius 1 is 1.21 bits per heavy atom. The van der Waals surface area contributed by atoms with E-state index < -0.39 is 5.91 Å². The molecule has 0 aliphatic heterocycles. The average Bonchev–Trinajstić information content (AvgIpc) is 2.15. The van der Waals surface area contributed by atoms with E-state index in [9.17, 15) is 9.59 Å². The number of ketones is 1. The standard InChI is InChI=1S/C10H12N2O2/c1-6-3-8(7(2)13)5-9(4-6)10(14)12-11/h3-5H,11H2,1-2H3,(H,12,14). The van der Waals surface area contributed by atoms with Crippen LogP contribution in [0.5, 0.6) is 0 Å². The van der Waals surface area contributed by atoms with Crippen molar-refractivity contribution >= 4 is 11.7 Å². The summed E-state index contributed by atoms with van der Waals surface area (Å²) < 4.78 is 0. The highest BCUT2D eigenvalue weighted by molar-refractivity contribution is 5.99. The van der Waals surface area contributed by atoms with Gasteiger partial charge in [-0.3, -0.25) is 15.0 Å². The maximum absolute atomic E-state index is 11.2. The molecule has 0 bridgehead atoms. The van der Waals surface area contributed by atoms with Gasteiger partial charge >= 0.3 is 0 Å². The van der Waals surface area contributed by atoms with Crippen LogP contribution < -0.4 is 11.3 Å². The van der Waals surface area contributed by atoms with Crippen LogP contribution >= 0.6 is 0 Å². The molecule has 1 aromatic rings. The molecule has 0 saturated carbocycles. The van der Waals surface area contributed by atoms with E-state index in [-0.39, 0.29) is 5.78 Å². The number of nitrogens with two attached hydrogens (primary N) is 1. The second-order valence-corrected chi connectivity index (χ2v) is 3.12. The zero-order valence-corrected chi connectivity index (χ0v) is 8.13. The van der Waals surface area contributed by atoms with Gasteiger partial charge in [0.15, 0.2) is 5.78 Å². The van der Waals surface area contributed by atoms with Crippen LogP contribution in [0.3, 0.4) is 0 Å². The summed E-state index contributed by atoms with van der Waals surface area (Å²) in [4.78, 5) is 22.3. The first kappa shape index (κ1) is 10.4. The number of nitrogen functional groups attached to an aromatic ring is 1. The molecule has 4 heteroatoms. The number of hydrogen-bond donors (Lipinski definition) is 2. The van der Waals surface area contributed by atoms with Crippen LogP contribution in [0.1, 0.15) is 33.2 Å². The van der Waals surface area contributed by atoms with E-state index in [1.54, 1.807) is 12.1 Å². The molecule has 0 aliphatic carbocycles. The average molecular weight is 192 g/mol. The lowest BCUT2D eigenvalue weighted by Gasteiger charge is -2.03. The van der Waals surface area contributed by atoms with Crippen molar-refractivity contribution in [2.75, 3.05) is 0 Å². The number of hydrazine groups is 1. The first-order valence-electron chi connectivity index (χ1n) is 4.18. The SMILES string of the molecule is CC(=O)c1cc(C)cc(C(=O)NN)c1. The van der Waals surface area contributed by atoms with Crippen LogP contribution in [0, 0.1) is 6.92 Å². The van der Waals surface area contributed by atoms with Crippen molar-refractivity contribution in [3.63, 3.8) is 0 Å². The van der Waals surface area contributed by atoms with Crippen LogP contribution in [-0.2, 0) is 0 Å². The predicted molar refractivity (Wildman–Crippen MR) is 52.8 cm³/mol. The van der Waals surface area contributed by atoms with Gasteiger partial charge in [0, 0.05) is 11.1 Å². The summed E-state index contributed by atoms with van der Waals surface area (Å²) in [5, 5.41) is 0. The molecule has 0 aromatic heterocycles. The number of amides is 1. The molecule has 0 aliphatic rings. The minimum Gasteiger partial charge on any atom is -0.295 e. The van der Waals surface area contributed by atoms with Crippen LogP contribution in [-0.4, -0.2) is 11.7 Å². The molecule has 0 saturated heterocycles. The van der Waals surface area contributed by atoms with E-state index in [0.29, 0.717) is 11.1 Å². The Balaban J connectivity index is 3.20. The Kier molecular flexibility index (Phi) is 2.99. The fraction of sp³-hybridized carbons (Fsp3) is 0.200. The highest BCUT2D eigenvalue weighted by Gasteiger charge is 2.07. The Labute approximate surface area is 82.1 Å². The number of benzene rings is 1. The predicted octanol–water partition coefficient (Wildman–Crippen LogP) is 0.801. The van der Waals surface area contributed by atoms with E-state index in [2.05, 4.69) is 0 Å². The molecule has 4 nitrogen and oxygen atoms in total. The van der Waals surface area contributed by atoms with Crippen molar-refractivity contribution in [1.82, 2.24) is 5.43 Å². The van der Waals surface area contributed by atoms with Gasteiger partial charge in [-0.25, -0.2) is 5.84 Å². The second kappa shape index (κ2) is 4.02. The zero-order valence-electron chi connectivity index (χ0n) is 8.13. The second-order valence-electron chi connectivity index (χ2n) is 3.12. The summed E-state index contributed by atoms with van der Waals surface area (Å²) in [6.07, 6.45) is 0. The first-order chi connectivity index (χ1) is 6.54. The third-order valence-corrected chi connectivity index (χ3v) is 1.88. The van der Waals surface area contributed by atoms with Gasteiger partial charge in [-0.05, 0) is 37.6 Å². The van der Waals surface area contributed by atoms with Gasteiger partial charge in [0.25, 0.3) is 5.91 Å². The Morgan fingerprint density at radius 2 is 1.79 bits per heavy atom. The molecule has 0 heterocycles. The number of nitrogens with one attached hydrogen (secondary N) is 1. The Hall–Kier alpha value is -1.68. The molecule has 0 atom stereocenters. The third kappa shape index (κ3) is 2.17. The topological polar surface area (TPSA) is 72.2 Å². The summed E-state index contributed by atoms with van der Waals surface area (Å²) in [5.41, 5.74) is 3.80. The van der Waals surface area contributed by atoms with Gasteiger partial charge < -0.3 is 0 Å². The van der Waals surface area contributed by atoms with E-state index in [1.807, 2.05) is 12.3 Å². The molecular weight excluding hydrogens is 180 g/mol. The summed E-state index contributed by atoms with van der Waals surface area (Å²) in [6.45, 7) is 3.28. The first-order valence-corrected chi connectivity index (χ1v) is 4.18. The zero-order chi connectivity index (χ0) is 10.7. The fourth-order valence-corrected chi connectivity index (χ4v) is 1.20. The van der Waals surface area contributed by atoms with Crippen molar-refractivity contribution in [1.29, 1.82) is 0 Å². The number of hydrogen-bond acceptors (Lipinski definition) is 3. The summed E-state index contributed by atoms with van der Waals surface area (Å²) in [6, 6.07) is 4.93. The molecule has 1 rings (SSSR count). The van der Waals surface area contributed by atoms with E-state index in [4.69, 9.17) is 5.84 Å². The molecule has 0 unspecified atom stereocenters. The van der Waals surface area contributed by atoms with Crippen molar-refractivity contribution in [3.8, 4) is 0 Å². The van der Waals surface area contributed by atoms with Gasteiger partial charge in [0.2, 0.25) is 0 Å². The molecule has 1 amide bonds. The third-order valence-electron chi connectivity index (χ3n) is 1.88. The molecule has 0 spiro atoms. The van der Waals surface area contributed by atoms with Crippen molar-refractivity contribution in [2.24, 2.45) is 5.84 Å². The van der Waals surface area contributed by atoms with Crippen LogP contribution in [0.15, 0.2) is 18.2 Å². The maximum Gasteiger partial charge on any atom is 0.265 e. The molecule has 1 aromatic carbocycles. The van der Waals surface area contributed by atoms with E-state index >= 15 is 0 Å². The number of aryl methyl sites for hydroxylation is 1.